The van der Waals surface area contributed by atoms with E-state index in [2.05, 4.69) is 10.2 Å². The SMILES string of the molecule is Cc1ccc(C[C@H]2CC(=O)N(c3nncs3)C2=O)cc1. The van der Waals surface area contributed by atoms with Crippen LogP contribution < -0.4 is 4.90 Å². The fourth-order valence-electron chi connectivity index (χ4n) is 2.33. The summed E-state index contributed by atoms with van der Waals surface area (Å²) >= 11 is 1.20. The van der Waals surface area contributed by atoms with Gasteiger partial charge in [0, 0.05) is 6.42 Å². The van der Waals surface area contributed by atoms with Crippen LogP contribution >= 0.6 is 11.3 Å². The average molecular weight is 287 g/mol. The summed E-state index contributed by atoms with van der Waals surface area (Å²) in [5.41, 5.74) is 3.77. The van der Waals surface area contributed by atoms with E-state index in [1.54, 1.807) is 0 Å². The van der Waals surface area contributed by atoms with Gasteiger partial charge in [0.05, 0.1) is 5.92 Å². The van der Waals surface area contributed by atoms with Gasteiger partial charge in [-0.15, -0.1) is 10.2 Å². The molecule has 1 atom stereocenters. The summed E-state index contributed by atoms with van der Waals surface area (Å²) in [4.78, 5) is 25.5. The molecular formula is C14H13N3O2S. The number of hydrogen-bond acceptors (Lipinski definition) is 5. The third-order valence-corrected chi connectivity index (χ3v) is 4.06. The molecule has 1 saturated heterocycles. The number of nitrogens with zero attached hydrogens (tertiary/aromatic N) is 3. The predicted octanol–water partition coefficient (Wildman–Crippen LogP) is 1.97. The molecule has 0 N–H and O–H groups in total. The fraction of sp³-hybridized carbons (Fsp3) is 0.286. The maximum atomic E-state index is 12.3. The molecule has 5 nitrogen and oxygen atoms in total. The van der Waals surface area contributed by atoms with Gasteiger partial charge in [-0.3, -0.25) is 9.59 Å². The number of aromatic nitrogens is 2. The number of benzene rings is 1. The van der Waals surface area contributed by atoms with Gasteiger partial charge in [-0.2, -0.15) is 0 Å². The lowest BCUT2D eigenvalue weighted by atomic mass is 9.97. The summed E-state index contributed by atoms with van der Waals surface area (Å²) in [5.74, 6) is -0.662. The molecule has 0 saturated carbocycles. The van der Waals surface area contributed by atoms with Gasteiger partial charge in [0.1, 0.15) is 5.51 Å². The van der Waals surface area contributed by atoms with Gasteiger partial charge in [0.15, 0.2) is 0 Å². The highest BCUT2D eigenvalue weighted by molar-refractivity contribution is 7.13. The Morgan fingerprint density at radius 3 is 2.70 bits per heavy atom. The van der Waals surface area contributed by atoms with Crippen LogP contribution in [0.3, 0.4) is 0 Å². The zero-order chi connectivity index (χ0) is 14.1. The lowest BCUT2D eigenvalue weighted by Crippen LogP contribution is -2.30. The normalized spacial score (nSPS) is 18.9. The highest BCUT2D eigenvalue weighted by Gasteiger charge is 2.40. The molecule has 0 unspecified atom stereocenters. The lowest BCUT2D eigenvalue weighted by molar-refractivity contribution is -0.122. The van der Waals surface area contributed by atoms with Gasteiger partial charge in [0.25, 0.3) is 0 Å². The zero-order valence-corrected chi connectivity index (χ0v) is 11.8. The minimum Gasteiger partial charge on any atom is -0.274 e. The molecule has 0 bridgehead atoms. The van der Waals surface area contributed by atoms with Crippen LogP contribution in [0.5, 0.6) is 0 Å². The molecule has 1 aromatic heterocycles. The molecule has 2 aromatic rings. The Labute approximate surface area is 120 Å². The van der Waals surface area contributed by atoms with Crippen molar-refractivity contribution in [3.63, 3.8) is 0 Å². The second kappa shape index (κ2) is 5.13. The van der Waals surface area contributed by atoms with Crippen LogP contribution in [-0.2, 0) is 16.0 Å². The van der Waals surface area contributed by atoms with Crippen molar-refractivity contribution in [2.75, 3.05) is 4.90 Å². The van der Waals surface area contributed by atoms with Gasteiger partial charge in [0.2, 0.25) is 16.9 Å². The Hall–Kier alpha value is -2.08. The van der Waals surface area contributed by atoms with Crippen molar-refractivity contribution in [1.82, 2.24) is 10.2 Å². The highest BCUT2D eigenvalue weighted by Crippen LogP contribution is 2.29. The Morgan fingerprint density at radius 2 is 2.05 bits per heavy atom. The zero-order valence-electron chi connectivity index (χ0n) is 10.9. The maximum Gasteiger partial charge on any atom is 0.239 e. The maximum absolute atomic E-state index is 12.3. The van der Waals surface area contributed by atoms with Crippen LogP contribution in [0.4, 0.5) is 5.13 Å². The first-order valence-corrected chi connectivity index (χ1v) is 7.21. The van der Waals surface area contributed by atoms with Gasteiger partial charge >= 0.3 is 0 Å². The smallest absolute Gasteiger partial charge is 0.239 e. The summed E-state index contributed by atoms with van der Waals surface area (Å²) in [6, 6.07) is 8.03. The molecule has 20 heavy (non-hydrogen) atoms. The number of hydrogen-bond donors (Lipinski definition) is 0. The summed E-state index contributed by atoms with van der Waals surface area (Å²) in [5, 5.41) is 7.85. The van der Waals surface area contributed by atoms with Crippen molar-refractivity contribution >= 4 is 28.3 Å². The van der Waals surface area contributed by atoms with Gasteiger partial charge in [-0.25, -0.2) is 4.90 Å². The molecule has 2 heterocycles. The number of aryl methyl sites for hydroxylation is 1. The highest BCUT2D eigenvalue weighted by atomic mass is 32.1. The number of rotatable bonds is 3. The number of imide groups is 1. The van der Waals surface area contributed by atoms with Gasteiger partial charge in [-0.05, 0) is 18.9 Å². The quantitative estimate of drug-likeness (QED) is 0.810. The molecule has 2 amide bonds. The molecular weight excluding hydrogens is 274 g/mol. The Balaban J connectivity index is 1.78. The first-order chi connectivity index (χ1) is 9.65. The third-order valence-electron chi connectivity index (χ3n) is 3.38. The fourth-order valence-corrected chi connectivity index (χ4v) is 2.91. The van der Waals surface area contributed by atoms with Gasteiger partial charge in [-0.1, -0.05) is 41.2 Å². The molecule has 1 fully saturated rings. The summed E-state index contributed by atoms with van der Waals surface area (Å²) in [6.07, 6.45) is 0.826. The number of carbonyl (C=O) groups is 2. The van der Waals surface area contributed by atoms with Gasteiger partial charge < -0.3 is 0 Å². The third kappa shape index (κ3) is 2.34. The van der Waals surface area contributed by atoms with Crippen LogP contribution in [0.1, 0.15) is 17.5 Å². The molecule has 1 aliphatic rings. The van der Waals surface area contributed by atoms with E-state index in [1.807, 2.05) is 31.2 Å². The Bertz CT molecular complexity index is 637. The van der Waals surface area contributed by atoms with Crippen molar-refractivity contribution in [2.45, 2.75) is 19.8 Å². The second-order valence-electron chi connectivity index (χ2n) is 4.88. The number of amides is 2. The van der Waals surface area contributed by atoms with E-state index < -0.39 is 0 Å². The van der Waals surface area contributed by atoms with E-state index in [0.717, 1.165) is 10.5 Å². The van der Waals surface area contributed by atoms with Crippen molar-refractivity contribution < 1.29 is 9.59 Å². The topological polar surface area (TPSA) is 63.2 Å². The molecule has 0 spiro atoms. The number of anilines is 1. The largest absolute Gasteiger partial charge is 0.274 e. The monoisotopic (exact) mass is 287 g/mol. The minimum atomic E-state index is -0.297. The first kappa shape index (κ1) is 12.9. The number of carbonyl (C=O) groups excluding carboxylic acids is 2. The van der Waals surface area contributed by atoms with Crippen LogP contribution in [0.15, 0.2) is 29.8 Å². The Kier molecular flexibility index (Phi) is 3.31. The van der Waals surface area contributed by atoms with Crippen LogP contribution in [-0.4, -0.2) is 22.0 Å². The second-order valence-corrected chi connectivity index (χ2v) is 5.69. The minimum absolute atomic E-state index is 0.174. The van der Waals surface area contributed by atoms with Crippen molar-refractivity contribution in [3.8, 4) is 0 Å². The molecule has 102 valence electrons. The predicted molar refractivity (Wildman–Crippen MR) is 75.4 cm³/mol. The van der Waals surface area contributed by atoms with E-state index in [9.17, 15) is 9.59 Å². The van der Waals surface area contributed by atoms with E-state index in [-0.39, 0.29) is 24.2 Å². The van der Waals surface area contributed by atoms with Crippen LogP contribution in [0.25, 0.3) is 0 Å². The molecule has 0 aliphatic carbocycles. The Morgan fingerprint density at radius 1 is 1.30 bits per heavy atom. The molecule has 3 rings (SSSR count). The van der Waals surface area contributed by atoms with E-state index in [1.165, 1.54) is 22.4 Å². The molecule has 0 radical (unpaired) electrons. The summed E-state index contributed by atoms with van der Waals surface area (Å²) in [7, 11) is 0. The first-order valence-electron chi connectivity index (χ1n) is 6.33. The summed E-state index contributed by atoms with van der Waals surface area (Å²) < 4.78 is 0. The average Bonchev–Trinajstić information content (AvgIpc) is 3.02. The standard InChI is InChI=1S/C14H13N3O2S/c1-9-2-4-10(5-3-9)6-11-7-12(18)17(13(11)19)14-16-15-8-20-14/h2-5,8,11H,6-7H2,1H3/t11-/m0/s1. The van der Waals surface area contributed by atoms with Crippen molar-refractivity contribution in [2.24, 2.45) is 5.92 Å². The van der Waals surface area contributed by atoms with E-state index in [0.29, 0.717) is 11.6 Å². The van der Waals surface area contributed by atoms with Crippen LogP contribution in [0.2, 0.25) is 0 Å². The van der Waals surface area contributed by atoms with Crippen molar-refractivity contribution in [1.29, 1.82) is 0 Å². The van der Waals surface area contributed by atoms with E-state index in [4.69, 9.17) is 0 Å². The van der Waals surface area contributed by atoms with Crippen molar-refractivity contribution in [3.05, 3.63) is 40.9 Å². The molecule has 6 heteroatoms. The van der Waals surface area contributed by atoms with E-state index >= 15 is 0 Å². The molecule has 1 aliphatic heterocycles. The lowest BCUT2D eigenvalue weighted by Gasteiger charge is -2.10. The summed E-state index contributed by atoms with van der Waals surface area (Å²) in [6.45, 7) is 2.02. The molecule has 1 aromatic carbocycles. The van der Waals surface area contributed by atoms with Crippen LogP contribution in [0, 0.1) is 12.8 Å².